The van der Waals surface area contributed by atoms with Gasteiger partial charge in [-0.25, -0.2) is 0 Å². The molecule has 6 heteroatoms. The van der Waals surface area contributed by atoms with Gasteiger partial charge in [-0.2, -0.15) is 4.57 Å². The van der Waals surface area contributed by atoms with Crippen LogP contribution in [0, 0.1) is 0 Å². The number of allylic oxidation sites excluding steroid dienone is 1. The number of fused-ring (bicyclic) bond motifs is 3. The normalized spacial score (nSPS) is 15.4. The lowest BCUT2D eigenvalue weighted by Gasteiger charge is -2.15. The molecule has 0 spiro atoms. The summed E-state index contributed by atoms with van der Waals surface area (Å²) in [6.07, 6.45) is 6.02. The van der Waals surface area contributed by atoms with E-state index in [1.54, 1.807) is 23.1 Å². The fourth-order valence-corrected chi connectivity index (χ4v) is 6.64. The molecular weight excluding hydrogens is 434 g/mol. The van der Waals surface area contributed by atoms with Gasteiger partial charge in [-0.1, -0.05) is 48.7 Å². The second-order valence-electron chi connectivity index (χ2n) is 7.63. The average Bonchev–Trinajstić information content (AvgIpc) is 3.31. The van der Waals surface area contributed by atoms with E-state index >= 15 is 0 Å². The zero-order valence-electron chi connectivity index (χ0n) is 18.1. The molecule has 2 aromatic heterocycles. The molecular formula is C26H24N3OS2+. The van der Waals surface area contributed by atoms with Crippen LogP contribution in [0.1, 0.15) is 12.6 Å². The first kappa shape index (κ1) is 20.8. The molecule has 0 saturated carbocycles. The third-order valence-corrected chi connectivity index (χ3v) is 8.18. The molecule has 0 aliphatic carbocycles. The van der Waals surface area contributed by atoms with E-state index in [1.807, 2.05) is 35.9 Å². The minimum atomic E-state index is 0.0708. The molecule has 0 unspecified atom stereocenters. The van der Waals surface area contributed by atoms with Gasteiger partial charge in [0.05, 0.1) is 5.69 Å². The molecule has 0 radical (unpaired) electrons. The predicted molar refractivity (Wildman–Crippen MR) is 136 cm³/mol. The molecule has 0 bridgehead atoms. The SMILES string of the molecule is C=CC[n+]1ccccc1/C=c1\s/c(=C2/Sc3ccc4ccccc4c3N2C)c(=O)n1CC. The molecule has 160 valence electrons. The third-order valence-electron chi connectivity index (χ3n) is 5.71. The Kier molecular flexibility index (Phi) is 5.49. The highest BCUT2D eigenvalue weighted by molar-refractivity contribution is 8.08. The van der Waals surface area contributed by atoms with E-state index < -0.39 is 0 Å². The second-order valence-corrected chi connectivity index (χ2v) is 9.69. The van der Waals surface area contributed by atoms with E-state index in [4.69, 9.17) is 0 Å². The summed E-state index contributed by atoms with van der Waals surface area (Å²) in [5.74, 6) is 0. The molecule has 0 amide bonds. The third kappa shape index (κ3) is 3.40. The van der Waals surface area contributed by atoms with Crippen molar-refractivity contribution in [3.05, 3.63) is 98.7 Å². The van der Waals surface area contributed by atoms with Crippen LogP contribution in [0.25, 0.3) is 21.9 Å². The van der Waals surface area contributed by atoms with Crippen molar-refractivity contribution in [1.82, 2.24) is 4.57 Å². The number of rotatable bonds is 4. The van der Waals surface area contributed by atoms with Crippen LogP contribution in [0.2, 0.25) is 0 Å². The van der Waals surface area contributed by atoms with Gasteiger partial charge in [0.2, 0.25) is 5.69 Å². The van der Waals surface area contributed by atoms with Crippen LogP contribution in [0.5, 0.6) is 0 Å². The van der Waals surface area contributed by atoms with Crippen LogP contribution in [-0.2, 0) is 13.1 Å². The van der Waals surface area contributed by atoms with Crippen LogP contribution < -0.4 is 24.2 Å². The van der Waals surface area contributed by atoms with Crippen LogP contribution in [0.15, 0.2) is 83.1 Å². The Morgan fingerprint density at radius 3 is 2.72 bits per heavy atom. The van der Waals surface area contributed by atoms with Gasteiger partial charge in [0, 0.05) is 42.1 Å². The lowest BCUT2D eigenvalue weighted by Crippen LogP contribution is -2.37. The van der Waals surface area contributed by atoms with Crippen LogP contribution >= 0.6 is 23.1 Å². The van der Waals surface area contributed by atoms with Crippen LogP contribution in [-0.4, -0.2) is 11.6 Å². The minimum Gasteiger partial charge on any atom is -0.336 e. The highest BCUT2D eigenvalue weighted by Crippen LogP contribution is 2.48. The fraction of sp³-hybridized carbons (Fsp3) is 0.154. The van der Waals surface area contributed by atoms with Crippen LogP contribution in [0.4, 0.5) is 5.69 Å². The zero-order chi connectivity index (χ0) is 22.2. The van der Waals surface area contributed by atoms with Gasteiger partial charge in [0.25, 0.3) is 5.56 Å². The van der Waals surface area contributed by atoms with Crippen molar-refractivity contribution < 1.29 is 4.57 Å². The summed E-state index contributed by atoms with van der Waals surface area (Å²) in [5.41, 5.74) is 2.30. The Morgan fingerprint density at radius 2 is 1.91 bits per heavy atom. The topological polar surface area (TPSA) is 29.1 Å². The van der Waals surface area contributed by atoms with E-state index in [2.05, 4.69) is 71.6 Å². The van der Waals surface area contributed by atoms with Gasteiger partial charge in [-0.3, -0.25) is 9.36 Å². The Labute approximate surface area is 195 Å². The number of hydrogen-bond donors (Lipinski definition) is 0. The summed E-state index contributed by atoms with van der Waals surface area (Å²) in [7, 11) is 2.06. The van der Waals surface area contributed by atoms with Crippen molar-refractivity contribution in [2.45, 2.75) is 24.9 Å². The number of aromatic nitrogens is 2. The number of nitrogens with zero attached hydrogens (tertiary/aromatic N) is 3. The number of thiazole rings is 1. The summed E-state index contributed by atoms with van der Waals surface area (Å²) < 4.78 is 5.74. The highest BCUT2D eigenvalue weighted by Gasteiger charge is 2.26. The summed E-state index contributed by atoms with van der Waals surface area (Å²) in [6, 6.07) is 18.8. The largest absolute Gasteiger partial charge is 0.336 e. The first-order chi connectivity index (χ1) is 15.6. The Bertz CT molecular complexity index is 1530. The molecule has 4 aromatic rings. The summed E-state index contributed by atoms with van der Waals surface area (Å²) in [6.45, 7) is 7.24. The Balaban J connectivity index is 1.72. The minimum absolute atomic E-state index is 0.0708. The van der Waals surface area contributed by atoms with E-state index in [0.717, 1.165) is 26.5 Å². The van der Waals surface area contributed by atoms with Crippen LogP contribution in [0.3, 0.4) is 0 Å². The molecule has 1 aliphatic heterocycles. The zero-order valence-corrected chi connectivity index (χ0v) is 19.7. The quantitative estimate of drug-likeness (QED) is 0.345. The second kappa shape index (κ2) is 8.45. The molecule has 1 aliphatic rings. The summed E-state index contributed by atoms with van der Waals surface area (Å²) >= 11 is 3.25. The van der Waals surface area contributed by atoms with Gasteiger partial charge < -0.3 is 4.90 Å². The molecule has 32 heavy (non-hydrogen) atoms. The molecule has 0 fully saturated rings. The van der Waals surface area contributed by atoms with Gasteiger partial charge in [-0.05, 0) is 30.5 Å². The highest BCUT2D eigenvalue weighted by atomic mass is 32.2. The molecule has 2 aromatic carbocycles. The van der Waals surface area contributed by atoms with E-state index in [1.165, 1.54) is 21.4 Å². The number of thioether (sulfide) groups is 1. The van der Waals surface area contributed by atoms with Gasteiger partial charge in [-0.15, -0.1) is 11.3 Å². The van der Waals surface area contributed by atoms with E-state index in [0.29, 0.717) is 6.54 Å². The fourth-order valence-electron chi connectivity index (χ4n) is 4.16. The van der Waals surface area contributed by atoms with E-state index in [9.17, 15) is 4.79 Å². The predicted octanol–water partition coefficient (Wildman–Crippen LogP) is 3.69. The lowest BCUT2D eigenvalue weighted by molar-refractivity contribution is -0.688. The molecule has 3 heterocycles. The number of hydrogen-bond acceptors (Lipinski definition) is 4. The Morgan fingerprint density at radius 1 is 1.09 bits per heavy atom. The maximum Gasteiger partial charge on any atom is 0.271 e. The van der Waals surface area contributed by atoms with Crippen molar-refractivity contribution in [3.63, 3.8) is 0 Å². The van der Waals surface area contributed by atoms with Crippen molar-refractivity contribution in [1.29, 1.82) is 0 Å². The van der Waals surface area contributed by atoms with Crippen molar-refractivity contribution >= 4 is 50.7 Å². The van der Waals surface area contributed by atoms with Crippen molar-refractivity contribution in [2.75, 3.05) is 11.9 Å². The first-order valence-corrected chi connectivity index (χ1v) is 12.2. The number of anilines is 1. The lowest BCUT2D eigenvalue weighted by atomic mass is 10.1. The molecule has 5 rings (SSSR count). The molecule has 0 N–H and O–H groups in total. The molecule has 0 atom stereocenters. The van der Waals surface area contributed by atoms with Crippen molar-refractivity contribution in [3.8, 4) is 0 Å². The maximum atomic E-state index is 13.4. The van der Waals surface area contributed by atoms with Gasteiger partial charge in [0.15, 0.2) is 12.7 Å². The standard InChI is InChI=1S/C26H24N3OS2/c1-4-15-28-16-9-8-11-19(28)17-22-29(5-2)25(30)24(32-22)26-27(3)23-20-12-7-6-10-18(20)13-14-21(23)31-26/h4,6-14,16-17H,1,5,15H2,2-3H3/q+1/b26-24+. The first-order valence-electron chi connectivity index (χ1n) is 10.6. The van der Waals surface area contributed by atoms with Gasteiger partial charge >= 0.3 is 0 Å². The van der Waals surface area contributed by atoms with Crippen molar-refractivity contribution in [2.24, 2.45) is 0 Å². The summed E-state index contributed by atoms with van der Waals surface area (Å²) in [4.78, 5) is 16.8. The monoisotopic (exact) mass is 458 g/mol. The number of benzene rings is 2. The maximum absolute atomic E-state index is 13.4. The Hall–Kier alpha value is -3.09. The number of pyridine rings is 1. The average molecular weight is 459 g/mol. The molecule has 4 nitrogen and oxygen atoms in total. The van der Waals surface area contributed by atoms with Gasteiger partial charge in [0.1, 0.15) is 14.2 Å². The van der Waals surface area contributed by atoms with E-state index in [-0.39, 0.29) is 5.56 Å². The smallest absolute Gasteiger partial charge is 0.271 e. The summed E-state index contributed by atoms with van der Waals surface area (Å²) in [5, 5.41) is 3.42. The molecule has 0 saturated heterocycles.